The number of carbonyl (C=O) groups excluding carboxylic acids is 2. The van der Waals surface area contributed by atoms with E-state index in [1.54, 1.807) is 54.7 Å². The normalized spacial score (nSPS) is 10.7. The van der Waals surface area contributed by atoms with Crippen molar-refractivity contribution in [1.82, 2.24) is 14.6 Å². The molecule has 0 fully saturated rings. The van der Waals surface area contributed by atoms with Gasteiger partial charge in [0.05, 0.1) is 11.9 Å². The second kappa shape index (κ2) is 7.51. The van der Waals surface area contributed by atoms with Crippen LogP contribution in [0.3, 0.4) is 0 Å². The summed E-state index contributed by atoms with van der Waals surface area (Å²) >= 11 is 0. The first kappa shape index (κ1) is 18.3. The summed E-state index contributed by atoms with van der Waals surface area (Å²) < 4.78 is 14.9. The highest BCUT2D eigenvalue weighted by Crippen LogP contribution is 2.19. The predicted octanol–water partition coefficient (Wildman–Crippen LogP) is 4.38. The van der Waals surface area contributed by atoms with Crippen molar-refractivity contribution in [1.29, 1.82) is 0 Å². The Morgan fingerprint density at radius 3 is 2.41 bits per heavy atom. The van der Waals surface area contributed by atoms with Crippen molar-refractivity contribution in [3.05, 3.63) is 78.2 Å². The summed E-state index contributed by atoms with van der Waals surface area (Å²) in [5, 5.41) is 9.74. The van der Waals surface area contributed by atoms with Crippen LogP contribution in [0.2, 0.25) is 0 Å². The molecule has 29 heavy (non-hydrogen) atoms. The third kappa shape index (κ3) is 4.11. The first-order valence-corrected chi connectivity index (χ1v) is 8.79. The van der Waals surface area contributed by atoms with E-state index in [0.717, 1.165) is 0 Å². The summed E-state index contributed by atoms with van der Waals surface area (Å²) in [6, 6.07) is 15.6. The highest BCUT2D eigenvalue weighted by Gasteiger charge is 2.09. The lowest BCUT2D eigenvalue weighted by Crippen LogP contribution is -2.19. The van der Waals surface area contributed by atoms with Crippen LogP contribution < -0.4 is 10.6 Å². The monoisotopic (exact) mass is 389 g/mol. The minimum absolute atomic E-state index is 0.0419. The zero-order valence-electron chi connectivity index (χ0n) is 15.4. The Labute approximate surface area is 165 Å². The summed E-state index contributed by atoms with van der Waals surface area (Å²) in [5.74, 6) is -0.0203. The van der Waals surface area contributed by atoms with E-state index in [9.17, 15) is 14.0 Å². The summed E-state index contributed by atoms with van der Waals surface area (Å²) in [6.07, 6.45) is 1.61. The maximum atomic E-state index is 13.4. The molecule has 2 heterocycles. The number of fused-ring (bicyclic) bond motifs is 1. The van der Waals surface area contributed by atoms with E-state index < -0.39 is 6.03 Å². The fourth-order valence-corrected chi connectivity index (χ4v) is 2.79. The molecule has 7 nitrogen and oxygen atoms in total. The summed E-state index contributed by atoms with van der Waals surface area (Å²) in [6.45, 7) is 1.48. The number of hydrogen-bond acceptors (Lipinski definition) is 4. The number of amides is 2. The van der Waals surface area contributed by atoms with Crippen molar-refractivity contribution < 1.29 is 14.0 Å². The lowest BCUT2D eigenvalue weighted by atomic mass is 10.1. The van der Waals surface area contributed by atoms with Gasteiger partial charge in [0.2, 0.25) is 0 Å². The van der Waals surface area contributed by atoms with E-state index in [1.807, 2.05) is 0 Å². The smallest absolute Gasteiger partial charge is 0.308 e. The number of nitrogens with zero attached hydrogens (tertiary/aromatic N) is 3. The number of ketones is 1. The van der Waals surface area contributed by atoms with Gasteiger partial charge in [-0.15, -0.1) is 5.10 Å². The number of rotatable bonds is 4. The zero-order chi connectivity index (χ0) is 20.4. The van der Waals surface area contributed by atoms with Crippen LogP contribution in [0.25, 0.3) is 17.0 Å². The Balaban J connectivity index is 1.49. The van der Waals surface area contributed by atoms with E-state index in [1.165, 1.54) is 23.6 Å². The van der Waals surface area contributed by atoms with Gasteiger partial charge in [-0.2, -0.15) is 0 Å². The molecule has 0 saturated carbocycles. The number of urea groups is 1. The molecule has 2 aromatic carbocycles. The van der Waals surface area contributed by atoms with Crippen LogP contribution in [-0.4, -0.2) is 26.4 Å². The molecule has 0 aliphatic heterocycles. The largest absolute Gasteiger partial charge is 0.323 e. The summed E-state index contributed by atoms with van der Waals surface area (Å²) in [5.41, 5.74) is 2.76. The van der Waals surface area contributed by atoms with Gasteiger partial charge in [-0.05, 0) is 55.5 Å². The molecule has 0 unspecified atom stereocenters. The maximum Gasteiger partial charge on any atom is 0.323 e. The zero-order valence-corrected chi connectivity index (χ0v) is 15.4. The Morgan fingerprint density at radius 2 is 1.69 bits per heavy atom. The highest BCUT2D eigenvalue weighted by molar-refractivity contribution is 6.00. The van der Waals surface area contributed by atoms with Crippen molar-refractivity contribution in [2.45, 2.75) is 6.92 Å². The lowest BCUT2D eigenvalue weighted by molar-refractivity contribution is 0.101. The lowest BCUT2D eigenvalue weighted by Gasteiger charge is -2.08. The van der Waals surface area contributed by atoms with Crippen molar-refractivity contribution in [2.75, 3.05) is 10.6 Å². The molecule has 2 aromatic heterocycles. The molecule has 4 aromatic rings. The number of pyridine rings is 1. The van der Waals surface area contributed by atoms with Gasteiger partial charge in [0.25, 0.3) is 0 Å². The van der Waals surface area contributed by atoms with Gasteiger partial charge in [-0.3, -0.25) is 4.79 Å². The first-order chi connectivity index (χ1) is 14.0. The van der Waals surface area contributed by atoms with E-state index in [-0.39, 0.29) is 11.6 Å². The Hall–Kier alpha value is -4.07. The molecule has 0 atom stereocenters. The van der Waals surface area contributed by atoms with Gasteiger partial charge < -0.3 is 10.6 Å². The van der Waals surface area contributed by atoms with Crippen LogP contribution in [-0.2, 0) is 0 Å². The second-order valence-electron chi connectivity index (χ2n) is 6.38. The van der Waals surface area contributed by atoms with Crippen LogP contribution >= 0.6 is 0 Å². The number of nitrogens with one attached hydrogen (secondary N) is 2. The Kier molecular flexibility index (Phi) is 4.74. The van der Waals surface area contributed by atoms with Gasteiger partial charge in [-0.25, -0.2) is 18.7 Å². The van der Waals surface area contributed by atoms with E-state index in [4.69, 9.17) is 0 Å². The number of anilines is 2. The molecule has 0 bridgehead atoms. The van der Waals surface area contributed by atoms with E-state index in [2.05, 4.69) is 20.7 Å². The third-order valence-electron chi connectivity index (χ3n) is 4.22. The van der Waals surface area contributed by atoms with Crippen LogP contribution in [0, 0.1) is 5.82 Å². The number of hydrogen-bond donors (Lipinski definition) is 2. The van der Waals surface area contributed by atoms with Crippen molar-refractivity contribution in [2.24, 2.45) is 0 Å². The van der Waals surface area contributed by atoms with Crippen molar-refractivity contribution in [3.8, 4) is 11.4 Å². The molecule has 2 N–H and O–H groups in total. The summed E-state index contributed by atoms with van der Waals surface area (Å²) in [4.78, 5) is 27.9. The quantitative estimate of drug-likeness (QED) is 0.507. The summed E-state index contributed by atoms with van der Waals surface area (Å²) in [7, 11) is 0. The Morgan fingerprint density at radius 1 is 0.966 bits per heavy atom. The maximum absolute atomic E-state index is 13.4. The molecule has 8 heteroatoms. The molecular weight excluding hydrogens is 373 g/mol. The molecule has 0 aliphatic carbocycles. The van der Waals surface area contributed by atoms with Crippen LogP contribution in [0.4, 0.5) is 20.6 Å². The van der Waals surface area contributed by atoms with Gasteiger partial charge in [0.1, 0.15) is 5.82 Å². The van der Waals surface area contributed by atoms with Crippen LogP contribution in [0.15, 0.2) is 66.9 Å². The topological polar surface area (TPSA) is 88.4 Å². The SMILES string of the molecule is CC(=O)c1ccc(NC(=O)Nc2ccc3nc(-c4cccc(F)c4)nn3c2)cc1. The minimum atomic E-state index is -0.439. The average molecular weight is 389 g/mol. The van der Waals surface area contributed by atoms with E-state index in [0.29, 0.717) is 34.0 Å². The molecule has 4 rings (SSSR count). The van der Waals surface area contributed by atoms with Crippen LogP contribution in [0.5, 0.6) is 0 Å². The molecular formula is C21H16FN5O2. The van der Waals surface area contributed by atoms with Crippen molar-refractivity contribution >= 4 is 28.8 Å². The molecule has 0 radical (unpaired) electrons. The van der Waals surface area contributed by atoms with E-state index >= 15 is 0 Å². The third-order valence-corrected chi connectivity index (χ3v) is 4.22. The number of Topliss-reactive ketones (excluding diaryl/α,β-unsaturated/α-hetero) is 1. The molecule has 0 aliphatic rings. The second-order valence-corrected chi connectivity index (χ2v) is 6.38. The number of aromatic nitrogens is 3. The van der Waals surface area contributed by atoms with Gasteiger partial charge >= 0.3 is 6.03 Å². The van der Waals surface area contributed by atoms with Gasteiger partial charge in [0.15, 0.2) is 17.3 Å². The molecule has 144 valence electrons. The predicted molar refractivity (Wildman–Crippen MR) is 107 cm³/mol. The first-order valence-electron chi connectivity index (χ1n) is 8.79. The number of carbonyl (C=O) groups is 2. The number of halogens is 1. The van der Waals surface area contributed by atoms with Gasteiger partial charge in [-0.1, -0.05) is 12.1 Å². The standard InChI is InChI=1S/C21H16FN5O2/c1-13(28)14-5-7-17(8-6-14)23-21(29)24-18-9-10-19-25-20(26-27(19)12-18)15-3-2-4-16(22)11-15/h2-12H,1H3,(H2,23,24,29). The molecule has 2 amide bonds. The molecule has 0 saturated heterocycles. The Bertz CT molecular complexity index is 1220. The molecule has 0 spiro atoms. The highest BCUT2D eigenvalue weighted by atomic mass is 19.1. The fourth-order valence-electron chi connectivity index (χ4n) is 2.79. The minimum Gasteiger partial charge on any atom is -0.308 e. The van der Waals surface area contributed by atoms with Gasteiger partial charge in [0, 0.05) is 16.8 Å². The fraction of sp³-hybridized carbons (Fsp3) is 0.0476. The van der Waals surface area contributed by atoms with Crippen LogP contribution in [0.1, 0.15) is 17.3 Å². The van der Waals surface area contributed by atoms with Crippen molar-refractivity contribution in [3.63, 3.8) is 0 Å². The number of benzene rings is 2. The average Bonchev–Trinajstić information content (AvgIpc) is 3.12.